The SMILES string of the molecule is CCC(NC(=O)c1nc(CC2CCN(c3ncc(-c4ccc(C)cc4)cn3)CC2)nc(C)c1OCc1ccccc1)C(=O)O. The quantitative estimate of drug-likeness (QED) is 0.241. The van der Waals surface area contributed by atoms with Crippen LogP contribution in [-0.2, 0) is 17.8 Å². The molecule has 1 unspecified atom stereocenters. The number of aromatic nitrogens is 4. The molecule has 1 amide bonds. The number of anilines is 1. The van der Waals surface area contributed by atoms with Gasteiger partial charge in [0.15, 0.2) is 11.4 Å². The third kappa shape index (κ3) is 7.55. The van der Waals surface area contributed by atoms with Crippen molar-refractivity contribution in [1.82, 2.24) is 25.3 Å². The zero-order chi connectivity index (χ0) is 31.1. The molecular formula is C34H38N6O4. The lowest BCUT2D eigenvalue weighted by molar-refractivity contribution is -0.139. The molecule has 3 heterocycles. The van der Waals surface area contributed by atoms with Crippen LogP contribution in [0.2, 0.25) is 0 Å². The Hall–Kier alpha value is -4.86. The highest BCUT2D eigenvalue weighted by atomic mass is 16.5. The highest BCUT2D eigenvalue weighted by Gasteiger charge is 2.27. The maximum atomic E-state index is 13.3. The fourth-order valence-electron chi connectivity index (χ4n) is 5.31. The molecule has 1 aliphatic heterocycles. The number of hydrogen-bond acceptors (Lipinski definition) is 8. The fraction of sp³-hybridized carbons (Fsp3) is 0.353. The first kappa shape index (κ1) is 30.6. The second-order valence-electron chi connectivity index (χ2n) is 11.2. The van der Waals surface area contributed by atoms with Crippen LogP contribution < -0.4 is 15.0 Å². The van der Waals surface area contributed by atoms with Gasteiger partial charge >= 0.3 is 5.97 Å². The number of piperidine rings is 1. The predicted octanol–water partition coefficient (Wildman–Crippen LogP) is 5.18. The number of nitrogens with zero attached hydrogens (tertiary/aromatic N) is 5. The minimum absolute atomic E-state index is 0.0580. The van der Waals surface area contributed by atoms with Crippen LogP contribution in [0.25, 0.3) is 11.1 Å². The molecule has 10 nitrogen and oxygen atoms in total. The molecule has 1 aliphatic rings. The number of carbonyl (C=O) groups is 2. The van der Waals surface area contributed by atoms with Gasteiger partial charge in [-0.3, -0.25) is 4.79 Å². The molecule has 0 saturated carbocycles. The largest absolute Gasteiger partial charge is 0.485 e. The first-order valence-electron chi connectivity index (χ1n) is 15.0. The molecule has 2 N–H and O–H groups in total. The summed E-state index contributed by atoms with van der Waals surface area (Å²) in [5, 5.41) is 12.1. The number of rotatable bonds is 11. The van der Waals surface area contributed by atoms with Crippen LogP contribution >= 0.6 is 0 Å². The number of nitrogens with one attached hydrogen (secondary N) is 1. The van der Waals surface area contributed by atoms with Crippen LogP contribution in [0.4, 0.5) is 5.95 Å². The summed E-state index contributed by atoms with van der Waals surface area (Å²) in [6.45, 7) is 7.39. The maximum Gasteiger partial charge on any atom is 0.326 e. The van der Waals surface area contributed by atoms with Gasteiger partial charge in [-0.1, -0.05) is 67.1 Å². The van der Waals surface area contributed by atoms with E-state index in [0.29, 0.717) is 29.8 Å². The van der Waals surface area contributed by atoms with E-state index in [-0.39, 0.29) is 24.5 Å². The molecule has 10 heteroatoms. The van der Waals surface area contributed by atoms with Crippen molar-refractivity contribution in [1.29, 1.82) is 0 Å². The van der Waals surface area contributed by atoms with Gasteiger partial charge in [-0.05, 0) is 50.2 Å². The Bertz CT molecular complexity index is 1570. The van der Waals surface area contributed by atoms with Gasteiger partial charge in [0.05, 0.1) is 5.69 Å². The number of aliphatic carboxylic acids is 1. The monoisotopic (exact) mass is 594 g/mol. The summed E-state index contributed by atoms with van der Waals surface area (Å²) in [7, 11) is 0. The van der Waals surface area contributed by atoms with Gasteiger partial charge in [0.25, 0.3) is 5.91 Å². The molecule has 0 radical (unpaired) electrons. The van der Waals surface area contributed by atoms with E-state index in [4.69, 9.17) is 9.72 Å². The van der Waals surface area contributed by atoms with Crippen molar-refractivity contribution < 1.29 is 19.4 Å². The molecule has 0 spiro atoms. The van der Waals surface area contributed by atoms with E-state index in [0.717, 1.165) is 42.6 Å². The molecule has 4 aromatic rings. The number of ether oxygens (including phenoxy) is 1. The minimum Gasteiger partial charge on any atom is -0.485 e. The molecule has 5 rings (SSSR count). The molecule has 44 heavy (non-hydrogen) atoms. The predicted molar refractivity (Wildman–Crippen MR) is 168 cm³/mol. The molecular weight excluding hydrogens is 556 g/mol. The summed E-state index contributed by atoms with van der Waals surface area (Å²) in [4.78, 5) is 45.7. The van der Waals surface area contributed by atoms with Crippen molar-refractivity contribution in [3.8, 4) is 16.9 Å². The van der Waals surface area contributed by atoms with Gasteiger partial charge in [0.2, 0.25) is 5.95 Å². The zero-order valence-electron chi connectivity index (χ0n) is 25.4. The molecule has 228 valence electrons. The highest BCUT2D eigenvalue weighted by Crippen LogP contribution is 2.27. The van der Waals surface area contributed by atoms with Crippen molar-refractivity contribution in [2.45, 2.75) is 59.1 Å². The zero-order valence-corrected chi connectivity index (χ0v) is 25.4. The van der Waals surface area contributed by atoms with Crippen molar-refractivity contribution in [2.24, 2.45) is 5.92 Å². The first-order chi connectivity index (χ1) is 21.3. The Labute approximate surface area is 257 Å². The van der Waals surface area contributed by atoms with Gasteiger partial charge in [0.1, 0.15) is 18.5 Å². The van der Waals surface area contributed by atoms with Crippen molar-refractivity contribution in [3.63, 3.8) is 0 Å². The summed E-state index contributed by atoms with van der Waals surface area (Å²) in [6, 6.07) is 16.9. The van der Waals surface area contributed by atoms with E-state index in [1.165, 1.54) is 5.56 Å². The topological polar surface area (TPSA) is 130 Å². The van der Waals surface area contributed by atoms with E-state index in [1.807, 2.05) is 42.7 Å². The molecule has 1 atom stereocenters. The van der Waals surface area contributed by atoms with E-state index >= 15 is 0 Å². The van der Waals surface area contributed by atoms with Crippen molar-refractivity contribution >= 4 is 17.8 Å². The Morgan fingerprint density at radius 2 is 1.66 bits per heavy atom. The standard InChI is InChI=1S/C34H38N6O4/c1-4-28(33(42)43)38-32(41)30-31(44-21-25-8-6-5-7-9-25)23(3)37-29(39-30)18-24-14-16-40(17-15-24)34-35-19-27(20-36-34)26-12-10-22(2)11-13-26/h5-13,19-20,24,28H,4,14-18,21H2,1-3H3,(H,38,41)(H,42,43). The van der Waals surface area contributed by atoms with Gasteiger partial charge < -0.3 is 20.1 Å². The van der Waals surface area contributed by atoms with Gasteiger partial charge in [-0.15, -0.1) is 0 Å². The number of hydrogen-bond donors (Lipinski definition) is 2. The fourth-order valence-corrected chi connectivity index (χ4v) is 5.31. The number of carbonyl (C=O) groups excluding carboxylic acids is 1. The number of aryl methyl sites for hydroxylation is 2. The second kappa shape index (κ2) is 14.1. The number of carboxylic acid groups (broad SMARTS) is 1. The van der Waals surface area contributed by atoms with Gasteiger partial charge in [-0.25, -0.2) is 24.7 Å². The molecule has 2 aromatic carbocycles. The van der Waals surface area contributed by atoms with E-state index in [1.54, 1.807) is 13.8 Å². The van der Waals surface area contributed by atoms with Crippen LogP contribution in [0.5, 0.6) is 5.75 Å². The second-order valence-corrected chi connectivity index (χ2v) is 11.2. The third-order valence-electron chi connectivity index (χ3n) is 7.93. The van der Waals surface area contributed by atoms with Gasteiger partial charge in [0, 0.05) is 37.5 Å². The van der Waals surface area contributed by atoms with E-state index in [9.17, 15) is 14.7 Å². The van der Waals surface area contributed by atoms with E-state index < -0.39 is 17.9 Å². The minimum atomic E-state index is -1.10. The van der Waals surface area contributed by atoms with Crippen LogP contribution in [0.15, 0.2) is 67.0 Å². The molecule has 0 aliphatic carbocycles. The normalized spacial score (nSPS) is 14.2. The summed E-state index contributed by atoms with van der Waals surface area (Å²) in [6.07, 6.45) is 6.38. The average molecular weight is 595 g/mol. The van der Waals surface area contributed by atoms with Crippen LogP contribution in [0.1, 0.15) is 59.3 Å². The lowest BCUT2D eigenvalue weighted by Gasteiger charge is -2.31. The Morgan fingerprint density at radius 1 is 0.977 bits per heavy atom. The number of carboxylic acids is 1. The van der Waals surface area contributed by atoms with Crippen LogP contribution in [0, 0.1) is 19.8 Å². The lowest BCUT2D eigenvalue weighted by Crippen LogP contribution is -2.41. The first-order valence-corrected chi connectivity index (χ1v) is 15.0. The summed E-state index contributed by atoms with van der Waals surface area (Å²) < 4.78 is 6.05. The Kier molecular flexibility index (Phi) is 9.79. The Balaban J connectivity index is 1.27. The average Bonchev–Trinajstić information content (AvgIpc) is 3.04. The highest BCUT2D eigenvalue weighted by molar-refractivity contribution is 5.97. The van der Waals surface area contributed by atoms with Crippen molar-refractivity contribution in [3.05, 3.63) is 95.3 Å². The van der Waals surface area contributed by atoms with Gasteiger partial charge in [-0.2, -0.15) is 0 Å². The smallest absolute Gasteiger partial charge is 0.326 e. The molecule has 1 fully saturated rings. The lowest BCUT2D eigenvalue weighted by atomic mass is 9.93. The number of amides is 1. The van der Waals surface area contributed by atoms with Crippen LogP contribution in [0.3, 0.4) is 0 Å². The molecule has 1 saturated heterocycles. The molecule has 0 bridgehead atoms. The van der Waals surface area contributed by atoms with E-state index in [2.05, 4.69) is 56.4 Å². The molecule has 2 aromatic heterocycles. The number of benzene rings is 2. The van der Waals surface area contributed by atoms with Crippen molar-refractivity contribution in [2.75, 3.05) is 18.0 Å². The Morgan fingerprint density at radius 3 is 2.30 bits per heavy atom. The third-order valence-corrected chi connectivity index (χ3v) is 7.93. The summed E-state index contributed by atoms with van der Waals surface area (Å²) >= 11 is 0. The maximum absolute atomic E-state index is 13.3. The summed E-state index contributed by atoms with van der Waals surface area (Å²) in [5.41, 5.74) is 4.82. The van der Waals surface area contributed by atoms with Crippen LogP contribution in [-0.4, -0.2) is 56.1 Å². The summed E-state index contributed by atoms with van der Waals surface area (Å²) in [5.74, 6) is 0.145.